The predicted molar refractivity (Wildman–Crippen MR) is 97.2 cm³/mol. The van der Waals surface area contributed by atoms with E-state index in [0.717, 1.165) is 29.7 Å². The van der Waals surface area contributed by atoms with Crippen LogP contribution in [0.25, 0.3) is 10.2 Å². The summed E-state index contributed by atoms with van der Waals surface area (Å²) in [5.74, 6) is 0.197. The van der Waals surface area contributed by atoms with Crippen molar-refractivity contribution < 1.29 is 14.3 Å². The normalized spacial score (nSPS) is 18.1. The van der Waals surface area contributed by atoms with Gasteiger partial charge < -0.3 is 9.47 Å². The number of carbonyl (C=O) groups excluding carboxylic acids is 1. The van der Waals surface area contributed by atoms with Crippen LogP contribution < -0.4 is 5.56 Å². The second kappa shape index (κ2) is 7.66. The maximum Gasteiger partial charge on any atom is 0.329 e. The maximum absolute atomic E-state index is 13.0. The Morgan fingerprint density at radius 3 is 3.04 bits per heavy atom. The standard InChI is InChI=1S/C18H24N2O4S/c1-4-23-7-8-24-18(22)12(3)20-10-19-16-15(17(20)21)13-6-5-11(2)9-14(13)25-16/h10-12H,4-9H2,1-3H3/t11-,12-/m0/s1. The van der Waals surface area contributed by atoms with Gasteiger partial charge in [0.05, 0.1) is 18.3 Å². The first-order valence-electron chi connectivity index (χ1n) is 8.78. The van der Waals surface area contributed by atoms with Gasteiger partial charge in [0, 0.05) is 11.5 Å². The first-order valence-corrected chi connectivity index (χ1v) is 9.60. The molecule has 136 valence electrons. The first-order chi connectivity index (χ1) is 12.0. The molecule has 0 saturated heterocycles. The lowest BCUT2D eigenvalue weighted by atomic mass is 9.89. The van der Waals surface area contributed by atoms with E-state index in [4.69, 9.17) is 9.47 Å². The summed E-state index contributed by atoms with van der Waals surface area (Å²) in [7, 11) is 0. The van der Waals surface area contributed by atoms with Crippen molar-refractivity contribution in [3.63, 3.8) is 0 Å². The lowest BCUT2D eigenvalue weighted by Crippen LogP contribution is -2.30. The summed E-state index contributed by atoms with van der Waals surface area (Å²) in [4.78, 5) is 31.6. The fourth-order valence-electron chi connectivity index (χ4n) is 3.20. The molecule has 2 atom stereocenters. The fourth-order valence-corrected chi connectivity index (χ4v) is 4.54. The van der Waals surface area contributed by atoms with Crippen molar-refractivity contribution in [1.29, 1.82) is 0 Å². The van der Waals surface area contributed by atoms with Gasteiger partial charge in [0.2, 0.25) is 0 Å². The van der Waals surface area contributed by atoms with Crippen LogP contribution in [0, 0.1) is 5.92 Å². The van der Waals surface area contributed by atoms with Gasteiger partial charge in [0.25, 0.3) is 5.56 Å². The summed E-state index contributed by atoms with van der Waals surface area (Å²) in [6, 6.07) is -0.705. The Hall–Kier alpha value is -1.73. The van der Waals surface area contributed by atoms with E-state index in [1.165, 1.54) is 15.8 Å². The van der Waals surface area contributed by atoms with Crippen molar-refractivity contribution in [2.75, 3.05) is 19.8 Å². The van der Waals surface area contributed by atoms with Gasteiger partial charge in [-0.3, -0.25) is 9.36 Å². The van der Waals surface area contributed by atoms with E-state index in [9.17, 15) is 9.59 Å². The number of rotatable bonds is 6. The Kier molecular flexibility index (Phi) is 5.54. The van der Waals surface area contributed by atoms with Crippen molar-refractivity contribution in [1.82, 2.24) is 9.55 Å². The molecule has 2 aromatic heterocycles. The molecule has 0 radical (unpaired) electrons. The highest BCUT2D eigenvalue weighted by atomic mass is 32.1. The molecule has 0 amide bonds. The lowest BCUT2D eigenvalue weighted by molar-refractivity contribution is -0.148. The van der Waals surface area contributed by atoms with Crippen LogP contribution in [0.5, 0.6) is 0 Å². The van der Waals surface area contributed by atoms with Crippen LogP contribution in [0.2, 0.25) is 0 Å². The molecular formula is C18H24N2O4S. The van der Waals surface area contributed by atoms with E-state index in [1.54, 1.807) is 18.3 Å². The quantitative estimate of drug-likeness (QED) is 0.582. The topological polar surface area (TPSA) is 70.4 Å². The van der Waals surface area contributed by atoms with E-state index in [0.29, 0.717) is 24.5 Å². The molecule has 7 heteroatoms. The SMILES string of the molecule is CCOCCOC(=O)[C@H](C)n1cnc2sc3c(c2c1=O)CC[C@H](C)C3. The molecule has 1 aliphatic rings. The Morgan fingerprint density at radius 1 is 1.48 bits per heavy atom. The number of aryl methyl sites for hydroxylation is 1. The molecule has 2 aromatic rings. The van der Waals surface area contributed by atoms with Crippen molar-refractivity contribution >= 4 is 27.5 Å². The zero-order valence-corrected chi connectivity index (χ0v) is 15.7. The highest BCUT2D eigenvalue weighted by Crippen LogP contribution is 2.35. The Bertz CT molecular complexity index is 826. The summed E-state index contributed by atoms with van der Waals surface area (Å²) >= 11 is 1.61. The zero-order valence-electron chi connectivity index (χ0n) is 14.9. The third-order valence-electron chi connectivity index (χ3n) is 4.68. The Balaban J connectivity index is 1.86. The van der Waals surface area contributed by atoms with Crippen LogP contribution in [-0.4, -0.2) is 35.3 Å². The van der Waals surface area contributed by atoms with Crippen molar-refractivity contribution in [2.24, 2.45) is 5.92 Å². The van der Waals surface area contributed by atoms with Crippen LogP contribution >= 0.6 is 11.3 Å². The molecule has 0 bridgehead atoms. The summed E-state index contributed by atoms with van der Waals surface area (Å²) in [5, 5.41) is 0.684. The molecule has 0 spiro atoms. The number of hydrogen-bond acceptors (Lipinski definition) is 6. The van der Waals surface area contributed by atoms with Crippen LogP contribution in [0.15, 0.2) is 11.1 Å². The zero-order chi connectivity index (χ0) is 18.0. The van der Waals surface area contributed by atoms with E-state index < -0.39 is 12.0 Å². The number of hydrogen-bond donors (Lipinski definition) is 0. The third kappa shape index (κ3) is 3.62. The second-order valence-electron chi connectivity index (χ2n) is 6.53. The van der Waals surface area contributed by atoms with Crippen LogP contribution in [0.4, 0.5) is 0 Å². The highest BCUT2D eigenvalue weighted by Gasteiger charge is 2.25. The Morgan fingerprint density at radius 2 is 2.28 bits per heavy atom. The largest absolute Gasteiger partial charge is 0.462 e. The van der Waals surface area contributed by atoms with Gasteiger partial charge in [-0.1, -0.05) is 6.92 Å². The van der Waals surface area contributed by atoms with Crippen molar-refractivity contribution in [3.05, 3.63) is 27.1 Å². The molecule has 0 saturated carbocycles. The molecule has 1 aliphatic carbocycles. The number of thiophene rings is 1. The highest BCUT2D eigenvalue weighted by molar-refractivity contribution is 7.18. The minimum atomic E-state index is -0.705. The van der Waals surface area contributed by atoms with Gasteiger partial charge in [-0.05, 0) is 44.6 Å². The van der Waals surface area contributed by atoms with E-state index in [-0.39, 0.29) is 12.2 Å². The lowest BCUT2D eigenvalue weighted by Gasteiger charge is -2.18. The first kappa shape index (κ1) is 18.1. The molecule has 0 aromatic carbocycles. The maximum atomic E-state index is 13.0. The average molecular weight is 364 g/mol. The van der Waals surface area contributed by atoms with E-state index >= 15 is 0 Å². The summed E-state index contributed by atoms with van der Waals surface area (Å²) in [5.41, 5.74) is 0.980. The molecule has 6 nitrogen and oxygen atoms in total. The second-order valence-corrected chi connectivity index (χ2v) is 7.61. The van der Waals surface area contributed by atoms with Crippen LogP contribution in [0.3, 0.4) is 0 Å². The van der Waals surface area contributed by atoms with Crippen molar-refractivity contribution in [2.45, 2.75) is 46.1 Å². The predicted octanol–water partition coefficient (Wildman–Crippen LogP) is 2.72. The average Bonchev–Trinajstić information content (AvgIpc) is 2.96. The molecule has 3 rings (SSSR count). The van der Waals surface area contributed by atoms with E-state index in [2.05, 4.69) is 11.9 Å². The number of esters is 1. The molecule has 0 aliphatic heterocycles. The summed E-state index contributed by atoms with van der Waals surface area (Å²) in [6.07, 6.45) is 4.46. The minimum absolute atomic E-state index is 0.147. The number of nitrogens with zero attached hydrogens (tertiary/aromatic N) is 2. The number of ether oxygens (including phenoxy) is 2. The van der Waals surface area contributed by atoms with Crippen LogP contribution in [0.1, 0.15) is 43.7 Å². The van der Waals surface area contributed by atoms with Crippen molar-refractivity contribution in [3.8, 4) is 0 Å². The summed E-state index contributed by atoms with van der Waals surface area (Å²) < 4.78 is 11.7. The molecule has 0 fully saturated rings. The van der Waals surface area contributed by atoms with Gasteiger partial charge in [0.15, 0.2) is 0 Å². The summed E-state index contributed by atoms with van der Waals surface area (Å²) in [6.45, 7) is 6.91. The molecule has 0 unspecified atom stereocenters. The smallest absolute Gasteiger partial charge is 0.329 e. The van der Waals surface area contributed by atoms with Gasteiger partial charge in [-0.25, -0.2) is 9.78 Å². The Labute approximate surface area is 150 Å². The van der Waals surface area contributed by atoms with E-state index in [1.807, 2.05) is 6.92 Å². The van der Waals surface area contributed by atoms with Gasteiger partial charge in [-0.2, -0.15) is 0 Å². The fraction of sp³-hybridized carbons (Fsp3) is 0.611. The number of fused-ring (bicyclic) bond motifs is 3. The van der Waals surface area contributed by atoms with Crippen LogP contribution in [-0.2, 0) is 27.1 Å². The van der Waals surface area contributed by atoms with Gasteiger partial charge in [0.1, 0.15) is 17.5 Å². The molecule has 2 heterocycles. The van der Waals surface area contributed by atoms with Gasteiger partial charge in [-0.15, -0.1) is 11.3 Å². The third-order valence-corrected chi connectivity index (χ3v) is 5.84. The van der Waals surface area contributed by atoms with Gasteiger partial charge >= 0.3 is 5.97 Å². The molecular weight excluding hydrogens is 340 g/mol. The number of aromatic nitrogens is 2. The number of carbonyl (C=O) groups is 1. The minimum Gasteiger partial charge on any atom is -0.462 e. The molecule has 0 N–H and O–H groups in total. The molecule has 25 heavy (non-hydrogen) atoms. The monoisotopic (exact) mass is 364 g/mol.